The third-order valence-corrected chi connectivity index (χ3v) is 3.60. The molecule has 7 heteroatoms. The molecule has 0 bridgehead atoms. The molecule has 0 radical (unpaired) electrons. The molecule has 2 nitrogen and oxygen atoms in total. The summed E-state index contributed by atoms with van der Waals surface area (Å²) in [6.45, 7) is 0. The molecule has 0 amide bonds. The minimum absolute atomic E-state index is 0.106. The number of nitriles is 1. The highest BCUT2D eigenvalue weighted by Crippen LogP contribution is 2.30. The minimum Gasteiger partial charge on any atom is -0.392 e. The second-order valence-electron chi connectivity index (χ2n) is 3.54. The molecule has 0 fully saturated rings. The van der Waals surface area contributed by atoms with Crippen molar-refractivity contribution in [3.8, 4) is 6.07 Å². The van der Waals surface area contributed by atoms with Gasteiger partial charge in [-0.2, -0.15) is 18.4 Å². The molecule has 0 saturated carbocycles. The molecule has 0 aliphatic heterocycles. The zero-order valence-corrected chi connectivity index (χ0v) is 10.6. The predicted molar refractivity (Wildman–Crippen MR) is 63.6 cm³/mol. The van der Waals surface area contributed by atoms with Crippen LogP contribution in [0.5, 0.6) is 0 Å². The van der Waals surface area contributed by atoms with Crippen LogP contribution in [0, 0.1) is 11.3 Å². The van der Waals surface area contributed by atoms with Crippen LogP contribution >= 0.6 is 23.4 Å². The van der Waals surface area contributed by atoms with Gasteiger partial charge < -0.3 is 5.11 Å². The first-order valence-electron chi connectivity index (χ1n) is 4.89. The molecule has 0 unspecified atom stereocenters. The van der Waals surface area contributed by atoms with Crippen LogP contribution in [0.3, 0.4) is 0 Å². The minimum atomic E-state index is -4.38. The first-order valence-corrected chi connectivity index (χ1v) is 6.25. The van der Waals surface area contributed by atoms with Crippen molar-refractivity contribution in [1.82, 2.24) is 0 Å². The molecule has 0 aromatic heterocycles. The van der Waals surface area contributed by atoms with Crippen molar-refractivity contribution in [1.29, 1.82) is 5.26 Å². The molecule has 0 heterocycles. The zero-order chi connectivity index (χ0) is 13.8. The maximum absolute atomic E-state index is 12.0. The normalized spacial score (nSPS) is 13.1. The summed E-state index contributed by atoms with van der Waals surface area (Å²) in [5.41, 5.74) is 0.375. The van der Waals surface area contributed by atoms with Gasteiger partial charge in [-0.05, 0) is 18.2 Å². The predicted octanol–water partition coefficient (Wildman–Crippen LogP) is 3.62. The van der Waals surface area contributed by atoms with Crippen LogP contribution in [0.4, 0.5) is 13.2 Å². The van der Waals surface area contributed by atoms with Gasteiger partial charge in [-0.1, -0.05) is 11.6 Å². The highest BCUT2D eigenvalue weighted by atomic mass is 35.5. The van der Waals surface area contributed by atoms with E-state index >= 15 is 0 Å². The van der Waals surface area contributed by atoms with Crippen LogP contribution in [0.15, 0.2) is 23.1 Å². The van der Waals surface area contributed by atoms with Crippen molar-refractivity contribution in [3.63, 3.8) is 0 Å². The highest BCUT2D eigenvalue weighted by Gasteiger charge is 2.31. The van der Waals surface area contributed by atoms with Gasteiger partial charge in [-0.15, -0.1) is 11.8 Å². The molecular weight excluding hydrogens is 287 g/mol. The molecule has 98 valence electrons. The van der Waals surface area contributed by atoms with E-state index in [2.05, 4.69) is 0 Å². The second kappa shape index (κ2) is 6.32. The Bertz CT molecular complexity index is 459. The van der Waals surface area contributed by atoms with E-state index in [4.69, 9.17) is 16.9 Å². The van der Waals surface area contributed by atoms with Gasteiger partial charge >= 0.3 is 6.18 Å². The van der Waals surface area contributed by atoms with Crippen molar-refractivity contribution >= 4 is 23.4 Å². The van der Waals surface area contributed by atoms with E-state index in [0.717, 1.165) is 11.8 Å². The molecule has 0 aliphatic rings. The van der Waals surface area contributed by atoms with Crippen molar-refractivity contribution in [2.75, 3.05) is 5.75 Å². The first-order chi connectivity index (χ1) is 8.31. The number of hydrogen-bond acceptors (Lipinski definition) is 3. The topological polar surface area (TPSA) is 44.0 Å². The van der Waals surface area contributed by atoms with Gasteiger partial charge in [0, 0.05) is 10.6 Å². The highest BCUT2D eigenvalue weighted by molar-refractivity contribution is 7.99. The summed E-state index contributed by atoms with van der Waals surface area (Å²) in [5, 5.41) is 18.1. The van der Waals surface area contributed by atoms with Crippen molar-refractivity contribution in [3.05, 3.63) is 28.8 Å². The van der Waals surface area contributed by atoms with Crippen molar-refractivity contribution < 1.29 is 18.3 Å². The lowest BCUT2D eigenvalue weighted by molar-refractivity contribution is -0.150. The molecule has 18 heavy (non-hydrogen) atoms. The van der Waals surface area contributed by atoms with Gasteiger partial charge in [0.25, 0.3) is 0 Å². The summed E-state index contributed by atoms with van der Waals surface area (Å²) in [6.07, 6.45) is -7.09. The lowest BCUT2D eigenvalue weighted by Crippen LogP contribution is -2.21. The average molecular weight is 296 g/mol. The Hall–Kier alpha value is -0.900. The summed E-state index contributed by atoms with van der Waals surface area (Å²) in [5.74, 6) is -0.106. The summed E-state index contributed by atoms with van der Waals surface area (Å²) in [7, 11) is 0. The van der Waals surface area contributed by atoms with E-state index < -0.39 is 18.7 Å². The quantitative estimate of drug-likeness (QED) is 0.863. The number of thioether (sulfide) groups is 1. The van der Waals surface area contributed by atoms with E-state index in [1.54, 1.807) is 6.07 Å². The Balaban J connectivity index is 2.57. The van der Waals surface area contributed by atoms with E-state index in [0.29, 0.717) is 15.5 Å². The smallest absolute Gasteiger partial charge is 0.391 e. The Labute approximate surface area is 111 Å². The maximum atomic E-state index is 12.0. The zero-order valence-electron chi connectivity index (χ0n) is 9.04. The molecule has 1 rings (SSSR count). The molecule has 0 spiro atoms. The summed E-state index contributed by atoms with van der Waals surface area (Å²) in [6, 6.07) is 6.40. The number of halogens is 4. The molecule has 0 saturated heterocycles. The Kier molecular flexibility index (Phi) is 5.32. The molecule has 0 aliphatic carbocycles. The number of aliphatic hydroxyl groups excluding tert-OH is 1. The van der Waals surface area contributed by atoms with Crippen LogP contribution < -0.4 is 0 Å². The standard InChI is InChI=1S/C11H9ClF3NOS/c12-9-3-7(5-16)1-2-10(9)18-6-8(17)4-11(13,14)15/h1-3,8,17H,4,6H2/t8-/m0/s1. The monoisotopic (exact) mass is 295 g/mol. The number of benzene rings is 1. The molecular formula is C11H9ClF3NOS. The Morgan fingerprint density at radius 1 is 1.44 bits per heavy atom. The largest absolute Gasteiger partial charge is 0.392 e. The van der Waals surface area contributed by atoms with Crippen molar-refractivity contribution in [2.45, 2.75) is 23.6 Å². The van der Waals surface area contributed by atoms with E-state index in [1.165, 1.54) is 12.1 Å². The van der Waals surface area contributed by atoms with Crippen LogP contribution in [0.1, 0.15) is 12.0 Å². The first kappa shape index (κ1) is 15.2. The summed E-state index contributed by atoms with van der Waals surface area (Å²) < 4.78 is 35.9. The van der Waals surface area contributed by atoms with Gasteiger partial charge in [-0.25, -0.2) is 0 Å². The summed E-state index contributed by atoms with van der Waals surface area (Å²) >= 11 is 6.87. The van der Waals surface area contributed by atoms with Crippen molar-refractivity contribution in [2.24, 2.45) is 0 Å². The van der Waals surface area contributed by atoms with Gasteiger partial charge in [0.05, 0.1) is 29.2 Å². The number of rotatable bonds is 4. The lowest BCUT2D eigenvalue weighted by atomic mass is 10.2. The number of nitrogens with zero attached hydrogens (tertiary/aromatic N) is 1. The van der Waals surface area contributed by atoms with Gasteiger partial charge in [0.15, 0.2) is 0 Å². The average Bonchev–Trinajstić information content (AvgIpc) is 2.25. The van der Waals surface area contributed by atoms with E-state index in [9.17, 15) is 18.3 Å². The molecule has 1 N–H and O–H groups in total. The number of aliphatic hydroxyl groups is 1. The maximum Gasteiger partial charge on any atom is 0.391 e. The van der Waals surface area contributed by atoms with Gasteiger partial charge in [0.2, 0.25) is 0 Å². The Morgan fingerprint density at radius 3 is 2.61 bits per heavy atom. The fraction of sp³-hybridized carbons (Fsp3) is 0.364. The van der Waals surface area contributed by atoms with Gasteiger partial charge in [-0.3, -0.25) is 0 Å². The fourth-order valence-corrected chi connectivity index (χ4v) is 2.39. The fourth-order valence-electron chi connectivity index (χ4n) is 1.20. The number of alkyl halides is 3. The van der Waals surface area contributed by atoms with Crippen LogP contribution in [-0.4, -0.2) is 23.1 Å². The molecule has 1 aromatic rings. The Morgan fingerprint density at radius 2 is 2.11 bits per heavy atom. The van der Waals surface area contributed by atoms with E-state index in [1.807, 2.05) is 6.07 Å². The third-order valence-electron chi connectivity index (χ3n) is 1.96. The molecule has 1 atom stereocenters. The number of hydrogen-bond donors (Lipinski definition) is 1. The van der Waals surface area contributed by atoms with Crippen LogP contribution in [-0.2, 0) is 0 Å². The molecule has 1 aromatic carbocycles. The third kappa shape index (κ3) is 5.17. The SMILES string of the molecule is N#Cc1ccc(SC[C@@H](O)CC(F)(F)F)c(Cl)c1. The summed E-state index contributed by atoms with van der Waals surface area (Å²) in [4.78, 5) is 0.539. The van der Waals surface area contributed by atoms with E-state index in [-0.39, 0.29) is 5.75 Å². The lowest BCUT2D eigenvalue weighted by Gasteiger charge is -2.13. The van der Waals surface area contributed by atoms with Crippen LogP contribution in [0.25, 0.3) is 0 Å². The van der Waals surface area contributed by atoms with Crippen LogP contribution in [0.2, 0.25) is 5.02 Å². The van der Waals surface area contributed by atoms with Gasteiger partial charge in [0.1, 0.15) is 0 Å². The second-order valence-corrected chi connectivity index (χ2v) is 5.01.